The summed E-state index contributed by atoms with van der Waals surface area (Å²) in [6.45, 7) is 0. The number of nitrogens with zero attached hydrogens (tertiary/aromatic N) is 4. The zero-order valence-corrected chi connectivity index (χ0v) is 14.9. The molecule has 136 valence electrons. The topological polar surface area (TPSA) is 85.7 Å². The van der Waals surface area contributed by atoms with E-state index in [9.17, 15) is 9.59 Å². The number of para-hydroxylation sites is 2. The van der Waals surface area contributed by atoms with Gasteiger partial charge in [0.15, 0.2) is 11.6 Å². The molecule has 3 heterocycles. The number of hydrogen-bond acceptors (Lipinski definition) is 6. The standard InChI is InChI=1S/C22H16N4O2/c27-21(15-5-9-23-10-6-15)13-19-20(14-22(28)16-7-11-24-12-8-16)26-18-4-2-1-3-17(18)25-19/h1-12H,13-14H2. The number of carbonyl (C=O) groups is 2. The summed E-state index contributed by atoms with van der Waals surface area (Å²) >= 11 is 0. The summed E-state index contributed by atoms with van der Waals surface area (Å²) in [4.78, 5) is 42.5. The van der Waals surface area contributed by atoms with Crippen molar-refractivity contribution in [2.75, 3.05) is 0 Å². The molecule has 0 aliphatic heterocycles. The second-order valence-electron chi connectivity index (χ2n) is 6.28. The van der Waals surface area contributed by atoms with Gasteiger partial charge in [0.1, 0.15) is 0 Å². The Morgan fingerprint density at radius 3 is 1.39 bits per heavy atom. The Balaban J connectivity index is 1.70. The number of Topliss-reactive ketones (excluding diaryl/α,β-unsaturated/α-hetero) is 2. The summed E-state index contributed by atoms with van der Waals surface area (Å²) < 4.78 is 0. The van der Waals surface area contributed by atoms with Gasteiger partial charge in [-0.2, -0.15) is 0 Å². The molecule has 3 aromatic heterocycles. The third-order valence-corrected chi connectivity index (χ3v) is 4.39. The van der Waals surface area contributed by atoms with E-state index >= 15 is 0 Å². The minimum Gasteiger partial charge on any atom is -0.294 e. The van der Waals surface area contributed by atoms with Crippen molar-refractivity contribution in [2.45, 2.75) is 12.8 Å². The molecule has 4 aromatic rings. The predicted octanol–water partition coefficient (Wildman–Crippen LogP) is 3.27. The van der Waals surface area contributed by atoms with Crippen LogP contribution >= 0.6 is 0 Å². The molecule has 0 aliphatic rings. The number of rotatable bonds is 6. The predicted molar refractivity (Wildman–Crippen MR) is 104 cm³/mol. The van der Waals surface area contributed by atoms with Crippen molar-refractivity contribution in [3.05, 3.63) is 95.8 Å². The van der Waals surface area contributed by atoms with Crippen LogP contribution in [0.5, 0.6) is 0 Å². The van der Waals surface area contributed by atoms with E-state index in [0.29, 0.717) is 33.5 Å². The lowest BCUT2D eigenvalue weighted by atomic mass is 10.0. The molecule has 0 unspecified atom stereocenters. The Morgan fingerprint density at radius 1 is 0.607 bits per heavy atom. The highest BCUT2D eigenvalue weighted by molar-refractivity contribution is 5.99. The molecule has 0 saturated carbocycles. The van der Waals surface area contributed by atoms with Crippen LogP contribution in [0.4, 0.5) is 0 Å². The van der Waals surface area contributed by atoms with Gasteiger partial charge in [-0.1, -0.05) is 12.1 Å². The summed E-state index contributed by atoms with van der Waals surface area (Å²) in [5, 5.41) is 0. The van der Waals surface area contributed by atoms with Gasteiger partial charge >= 0.3 is 0 Å². The van der Waals surface area contributed by atoms with Crippen molar-refractivity contribution in [2.24, 2.45) is 0 Å². The van der Waals surface area contributed by atoms with Crippen molar-refractivity contribution in [1.82, 2.24) is 19.9 Å². The van der Waals surface area contributed by atoms with Gasteiger partial charge < -0.3 is 0 Å². The molecule has 6 heteroatoms. The highest BCUT2D eigenvalue weighted by atomic mass is 16.1. The van der Waals surface area contributed by atoms with Gasteiger partial charge in [0.25, 0.3) is 0 Å². The van der Waals surface area contributed by atoms with Crippen LogP contribution in [0.2, 0.25) is 0 Å². The van der Waals surface area contributed by atoms with Crippen molar-refractivity contribution >= 4 is 22.6 Å². The van der Waals surface area contributed by atoms with E-state index in [0.717, 1.165) is 0 Å². The summed E-state index contributed by atoms with van der Waals surface area (Å²) in [6.07, 6.45) is 6.45. The van der Waals surface area contributed by atoms with Crippen LogP contribution in [0.25, 0.3) is 11.0 Å². The Morgan fingerprint density at radius 2 is 1.00 bits per heavy atom. The first-order valence-corrected chi connectivity index (χ1v) is 8.82. The van der Waals surface area contributed by atoms with Crippen LogP contribution in [0.15, 0.2) is 73.3 Å². The first kappa shape index (κ1) is 17.6. The number of ketones is 2. The lowest BCUT2D eigenvalue weighted by molar-refractivity contribution is 0.0977. The molecule has 0 radical (unpaired) electrons. The van der Waals surface area contributed by atoms with E-state index < -0.39 is 0 Å². The normalized spacial score (nSPS) is 10.7. The van der Waals surface area contributed by atoms with Gasteiger partial charge in [-0.3, -0.25) is 19.6 Å². The van der Waals surface area contributed by atoms with Crippen LogP contribution in [-0.2, 0) is 12.8 Å². The van der Waals surface area contributed by atoms with Crippen LogP contribution < -0.4 is 0 Å². The van der Waals surface area contributed by atoms with E-state index in [-0.39, 0.29) is 24.4 Å². The van der Waals surface area contributed by atoms with Gasteiger partial charge in [-0.05, 0) is 36.4 Å². The molecular formula is C22H16N4O2. The Bertz CT molecular complexity index is 1050. The second-order valence-corrected chi connectivity index (χ2v) is 6.28. The molecule has 1 aromatic carbocycles. The summed E-state index contributed by atoms with van der Waals surface area (Å²) in [5.74, 6) is -0.186. The fourth-order valence-electron chi connectivity index (χ4n) is 2.94. The highest BCUT2D eigenvalue weighted by Gasteiger charge is 2.17. The van der Waals surface area contributed by atoms with Gasteiger partial charge in [-0.25, -0.2) is 9.97 Å². The average molecular weight is 368 g/mol. The first-order chi connectivity index (χ1) is 13.7. The number of hydrogen-bond donors (Lipinski definition) is 0. The molecule has 4 rings (SSSR count). The molecule has 6 nitrogen and oxygen atoms in total. The van der Waals surface area contributed by atoms with Crippen LogP contribution in [0, 0.1) is 0 Å². The quantitative estimate of drug-likeness (QED) is 0.486. The second kappa shape index (κ2) is 7.84. The van der Waals surface area contributed by atoms with Gasteiger partial charge in [0.05, 0.1) is 35.3 Å². The SMILES string of the molecule is O=C(Cc1nc2ccccc2nc1CC(=O)c1ccncc1)c1ccncc1. The zero-order valence-electron chi connectivity index (χ0n) is 14.9. The van der Waals surface area contributed by atoms with Crippen molar-refractivity contribution in [1.29, 1.82) is 0 Å². The Labute approximate surface area is 161 Å². The number of benzene rings is 1. The minimum absolute atomic E-state index is 0.0702. The van der Waals surface area contributed by atoms with E-state index in [4.69, 9.17) is 0 Å². The van der Waals surface area contributed by atoms with Gasteiger partial charge in [0, 0.05) is 35.9 Å². The van der Waals surface area contributed by atoms with Crippen molar-refractivity contribution < 1.29 is 9.59 Å². The monoisotopic (exact) mass is 368 g/mol. The third kappa shape index (κ3) is 3.81. The average Bonchev–Trinajstić information content (AvgIpc) is 2.75. The maximum atomic E-state index is 12.7. The van der Waals surface area contributed by atoms with E-state index in [2.05, 4.69) is 19.9 Å². The molecule has 0 atom stereocenters. The molecule has 0 amide bonds. The fraction of sp³-hybridized carbons (Fsp3) is 0.0909. The molecule has 28 heavy (non-hydrogen) atoms. The van der Waals surface area contributed by atoms with Crippen molar-refractivity contribution in [3.63, 3.8) is 0 Å². The van der Waals surface area contributed by atoms with E-state index in [1.54, 1.807) is 49.1 Å². The molecule has 0 fully saturated rings. The molecule has 0 N–H and O–H groups in total. The van der Waals surface area contributed by atoms with Gasteiger partial charge in [0.2, 0.25) is 0 Å². The molecule has 0 bridgehead atoms. The van der Waals surface area contributed by atoms with E-state index in [1.807, 2.05) is 24.3 Å². The number of carbonyl (C=O) groups excluding carboxylic acids is 2. The van der Waals surface area contributed by atoms with Crippen LogP contribution in [-0.4, -0.2) is 31.5 Å². The maximum absolute atomic E-state index is 12.7. The number of aromatic nitrogens is 4. The van der Waals surface area contributed by atoms with E-state index in [1.165, 1.54) is 0 Å². The molecule has 0 saturated heterocycles. The Hall–Kier alpha value is -3.80. The molecule has 0 spiro atoms. The zero-order chi connectivity index (χ0) is 19.3. The largest absolute Gasteiger partial charge is 0.294 e. The molecular weight excluding hydrogens is 352 g/mol. The smallest absolute Gasteiger partial charge is 0.168 e. The van der Waals surface area contributed by atoms with Crippen LogP contribution in [0.1, 0.15) is 32.1 Å². The summed E-state index contributed by atoms with van der Waals surface area (Å²) in [7, 11) is 0. The summed E-state index contributed by atoms with van der Waals surface area (Å²) in [5.41, 5.74) is 3.53. The minimum atomic E-state index is -0.0930. The third-order valence-electron chi connectivity index (χ3n) is 4.39. The van der Waals surface area contributed by atoms with Crippen LogP contribution in [0.3, 0.4) is 0 Å². The maximum Gasteiger partial charge on any atom is 0.168 e. The lowest BCUT2D eigenvalue weighted by Gasteiger charge is -2.09. The highest BCUT2D eigenvalue weighted by Crippen LogP contribution is 2.17. The van der Waals surface area contributed by atoms with Crippen molar-refractivity contribution in [3.8, 4) is 0 Å². The fourth-order valence-corrected chi connectivity index (χ4v) is 2.94. The summed E-state index contributed by atoms with van der Waals surface area (Å²) in [6, 6.07) is 14.1. The van der Waals surface area contributed by atoms with Gasteiger partial charge in [-0.15, -0.1) is 0 Å². The first-order valence-electron chi connectivity index (χ1n) is 8.82. The number of fused-ring (bicyclic) bond motifs is 1. The lowest BCUT2D eigenvalue weighted by Crippen LogP contribution is -2.13. The molecule has 0 aliphatic carbocycles. The number of pyridine rings is 2. The Kier molecular flexibility index (Phi) is 4.93.